The van der Waals surface area contributed by atoms with E-state index in [1.165, 1.54) is 12.8 Å². The van der Waals surface area contributed by atoms with Crippen LogP contribution in [0, 0.1) is 12.3 Å². The molecule has 0 bridgehead atoms. The summed E-state index contributed by atoms with van der Waals surface area (Å²) in [6.07, 6.45) is 8.11. The predicted molar refractivity (Wildman–Crippen MR) is 93.9 cm³/mol. The van der Waals surface area contributed by atoms with Gasteiger partial charge in [-0.3, -0.25) is 0 Å². The second-order valence-electron chi connectivity index (χ2n) is 5.58. The third kappa shape index (κ3) is 2.65. The van der Waals surface area contributed by atoms with Gasteiger partial charge in [-0.1, -0.05) is 42.3 Å². The van der Waals surface area contributed by atoms with Crippen molar-refractivity contribution in [1.82, 2.24) is 0 Å². The van der Waals surface area contributed by atoms with Crippen LogP contribution in [0.5, 0.6) is 0 Å². The minimum absolute atomic E-state index is 0.705. The zero-order valence-corrected chi connectivity index (χ0v) is 13.9. The van der Waals surface area contributed by atoms with Crippen molar-refractivity contribution in [3.63, 3.8) is 0 Å². The number of hydrogen-bond donors (Lipinski definition) is 1. The molecule has 3 heteroatoms. The van der Waals surface area contributed by atoms with Crippen molar-refractivity contribution in [2.45, 2.75) is 18.4 Å². The second-order valence-corrected chi connectivity index (χ2v) is 6.44. The van der Waals surface area contributed by atoms with Crippen molar-refractivity contribution in [1.29, 1.82) is 0 Å². The third-order valence-electron chi connectivity index (χ3n) is 4.21. The number of terminal acetylenes is 1. The van der Waals surface area contributed by atoms with Gasteiger partial charge in [0.1, 0.15) is 0 Å². The highest BCUT2D eigenvalue weighted by atomic mass is 79.9. The number of hydrogen-bond acceptors (Lipinski definition) is 2. The van der Waals surface area contributed by atoms with Crippen LogP contribution in [0.3, 0.4) is 0 Å². The van der Waals surface area contributed by atoms with Gasteiger partial charge in [-0.25, -0.2) is 0 Å². The van der Waals surface area contributed by atoms with E-state index in [0.717, 1.165) is 23.2 Å². The molecule has 0 saturated carbocycles. The Kier molecular flexibility index (Phi) is 4.24. The Morgan fingerprint density at radius 2 is 1.73 bits per heavy atom. The summed E-state index contributed by atoms with van der Waals surface area (Å²) in [6, 6.07) is 15.3. The lowest BCUT2D eigenvalue weighted by atomic mass is 9.87. The summed E-state index contributed by atoms with van der Waals surface area (Å²) in [7, 11) is 0. The second kappa shape index (κ2) is 6.16. The number of benzene rings is 2. The summed E-state index contributed by atoms with van der Waals surface area (Å²) >= 11 is 3.63. The minimum Gasteiger partial charge on any atom is -0.371 e. The fourth-order valence-electron chi connectivity index (χ4n) is 2.96. The van der Waals surface area contributed by atoms with Gasteiger partial charge in [-0.05, 0) is 40.9 Å². The maximum absolute atomic E-state index is 11.0. The van der Waals surface area contributed by atoms with E-state index in [9.17, 15) is 5.11 Å². The molecule has 1 aliphatic heterocycles. The molecule has 2 aromatic rings. The molecule has 1 atom stereocenters. The summed E-state index contributed by atoms with van der Waals surface area (Å²) < 4.78 is 0.969. The van der Waals surface area contributed by atoms with E-state index in [-0.39, 0.29) is 0 Å². The van der Waals surface area contributed by atoms with E-state index in [1.807, 2.05) is 48.5 Å². The first-order valence-electron chi connectivity index (χ1n) is 7.46. The predicted octanol–water partition coefficient (Wildman–Crippen LogP) is 3.92. The highest BCUT2D eigenvalue weighted by Gasteiger charge is 2.30. The van der Waals surface area contributed by atoms with Gasteiger partial charge in [-0.15, -0.1) is 6.42 Å². The first kappa shape index (κ1) is 15.1. The summed E-state index contributed by atoms with van der Waals surface area (Å²) in [5.41, 5.74) is 1.16. The van der Waals surface area contributed by atoms with Crippen LogP contribution < -0.4 is 4.90 Å². The standard InChI is InChI=1S/C19H18BrNO/c1-2-19(22,15-8-4-3-5-9-15)16-10-11-18(17(20)14-16)21-12-6-7-13-21/h1,3-5,8-11,14,22H,6-7,12-13H2. The molecule has 0 spiro atoms. The van der Waals surface area contributed by atoms with E-state index < -0.39 is 5.60 Å². The lowest BCUT2D eigenvalue weighted by molar-refractivity contribution is 0.145. The van der Waals surface area contributed by atoms with Crippen molar-refractivity contribution < 1.29 is 5.11 Å². The van der Waals surface area contributed by atoms with E-state index >= 15 is 0 Å². The molecule has 112 valence electrons. The van der Waals surface area contributed by atoms with Gasteiger partial charge < -0.3 is 10.0 Å². The van der Waals surface area contributed by atoms with Crippen LogP contribution in [0.25, 0.3) is 0 Å². The largest absolute Gasteiger partial charge is 0.371 e. The van der Waals surface area contributed by atoms with Gasteiger partial charge in [0.25, 0.3) is 0 Å². The topological polar surface area (TPSA) is 23.5 Å². The lowest BCUT2D eigenvalue weighted by Gasteiger charge is -2.26. The van der Waals surface area contributed by atoms with E-state index in [1.54, 1.807) is 0 Å². The molecule has 1 N–H and O–H groups in total. The van der Waals surface area contributed by atoms with E-state index in [0.29, 0.717) is 11.1 Å². The summed E-state index contributed by atoms with van der Waals surface area (Å²) in [5, 5.41) is 11.0. The Bertz CT molecular complexity index is 701. The van der Waals surface area contributed by atoms with E-state index in [2.05, 4.69) is 26.8 Å². The van der Waals surface area contributed by atoms with Crippen LogP contribution in [-0.4, -0.2) is 18.2 Å². The van der Waals surface area contributed by atoms with Gasteiger partial charge in [0.15, 0.2) is 5.60 Å². The van der Waals surface area contributed by atoms with Crippen LogP contribution in [0.2, 0.25) is 0 Å². The fourth-order valence-corrected chi connectivity index (χ4v) is 3.59. The molecule has 2 nitrogen and oxygen atoms in total. The SMILES string of the molecule is C#CC(O)(c1ccccc1)c1ccc(N2CCCC2)c(Br)c1. The van der Waals surface area contributed by atoms with Crippen LogP contribution in [0.15, 0.2) is 53.0 Å². The third-order valence-corrected chi connectivity index (χ3v) is 4.85. The number of nitrogens with zero attached hydrogens (tertiary/aromatic N) is 1. The van der Waals surface area contributed by atoms with Crippen molar-refractivity contribution in [3.05, 3.63) is 64.1 Å². The molecule has 2 aromatic carbocycles. The number of halogens is 1. The molecule has 1 unspecified atom stereocenters. The molecule has 22 heavy (non-hydrogen) atoms. The normalized spacial score (nSPS) is 17.0. The molecule has 1 aliphatic rings. The van der Waals surface area contributed by atoms with Crippen molar-refractivity contribution >= 4 is 21.6 Å². The van der Waals surface area contributed by atoms with Gasteiger partial charge in [0, 0.05) is 28.7 Å². The first-order chi connectivity index (χ1) is 10.6. The van der Waals surface area contributed by atoms with Crippen molar-refractivity contribution in [2.24, 2.45) is 0 Å². The number of rotatable bonds is 3. The zero-order chi connectivity index (χ0) is 15.6. The average molecular weight is 356 g/mol. The molecule has 0 amide bonds. The van der Waals surface area contributed by atoms with Gasteiger partial charge in [0.2, 0.25) is 0 Å². The Balaban J connectivity index is 2.00. The average Bonchev–Trinajstić information content (AvgIpc) is 3.09. The maximum Gasteiger partial charge on any atom is 0.176 e. The Morgan fingerprint density at radius 1 is 1.05 bits per heavy atom. The summed E-state index contributed by atoms with van der Waals surface area (Å²) in [4.78, 5) is 2.35. The van der Waals surface area contributed by atoms with Crippen LogP contribution in [0.1, 0.15) is 24.0 Å². The van der Waals surface area contributed by atoms with Gasteiger partial charge in [-0.2, -0.15) is 0 Å². The molecule has 0 aromatic heterocycles. The summed E-state index contributed by atoms with van der Waals surface area (Å²) in [5.74, 6) is 2.55. The molecule has 1 saturated heterocycles. The smallest absolute Gasteiger partial charge is 0.176 e. The Morgan fingerprint density at radius 3 is 2.32 bits per heavy atom. The fraction of sp³-hybridized carbons (Fsp3) is 0.263. The Hall–Kier alpha value is -1.76. The van der Waals surface area contributed by atoms with Crippen LogP contribution in [0.4, 0.5) is 5.69 Å². The quantitative estimate of drug-likeness (QED) is 0.843. The molecular weight excluding hydrogens is 338 g/mol. The maximum atomic E-state index is 11.0. The molecule has 1 heterocycles. The summed E-state index contributed by atoms with van der Waals surface area (Å²) in [6.45, 7) is 2.16. The van der Waals surface area contributed by atoms with Gasteiger partial charge in [0.05, 0.1) is 5.69 Å². The molecular formula is C19H18BrNO. The lowest BCUT2D eigenvalue weighted by Crippen LogP contribution is -2.25. The molecule has 0 radical (unpaired) electrons. The number of aliphatic hydroxyl groups is 1. The number of anilines is 1. The highest BCUT2D eigenvalue weighted by molar-refractivity contribution is 9.10. The zero-order valence-electron chi connectivity index (χ0n) is 12.3. The Labute approximate surface area is 139 Å². The highest BCUT2D eigenvalue weighted by Crippen LogP contribution is 2.35. The molecule has 0 aliphatic carbocycles. The molecule has 1 fully saturated rings. The van der Waals surface area contributed by atoms with Crippen LogP contribution in [-0.2, 0) is 5.60 Å². The van der Waals surface area contributed by atoms with Crippen molar-refractivity contribution in [2.75, 3.05) is 18.0 Å². The molecule has 3 rings (SSSR count). The van der Waals surface area contributed by atoms with Gasteiger partial charge >= 0.3 is 0 Å². The van der Waals surface area contributed by atoms with Crippen molar-refractivity contribution in [3.8, 4) is 12.3 Å². The first-order valence-corrected chi connectivity index (χ1v) is 8.25. The minimum atomic E-state index is -1.41. The van der Waals surface area contributed by atoms with Crippen LogP contribution >= 0.6 is 15.9 Å². The van der Waals surface area contributed by atoms with E-state index in [4.69, 9.17) is 6.42 Å². The monoisotopic (exact) mass is 355 g/mol.